The van der Waals surface area contributed by atoms with Crippen molar-refractivity contribution in [3.05, 3.63) is 97.2 Å². The maximum Gasteiger partial charge on any atom is 0.220 e. The fourth-order valence-electron chi connectivity index (χ4n) is 12.3. The van der Waals surface area contributed by atoms with Gasteiger partial charge in [-0.1, -0.05) is 265 Å². The molecule has 0 saturated carbocycles. The number of allylic oxidation sites excluding steroid dienone is 15. The monoisotopic (exact) mass is 1370 g/mol. The highest BCUT2D eigenvalue weighted by atomic mass is 16.8. The number of nitrogens with one attached hydrogen (secondary N) is 1. The van der Waals surface area contributed by atoms with Crippen molar-refractivity contribution < 1.29 is 89.4 Å². The molecule has 0 radical (unpaired) electrons. The molecule has 0 aromatic heterocycles. The molecule has 0 spiro atoms. The molecule has 0 bridgehead atoms. The maximum atomic E-state index is 13.4. The molecule has 0 aromatic rings. The molecule has 0 aromatic carbocycles. The normalized spacial score (nSPS) is 27.5. The number of aliphatic hydroxyl groups excluding tert-OH is 11. The van der Waals surface area contributed by atoms with Crippen LogP contribution in [0.3, 0.4) is 0 Å². The molecule has 3 aliphatic rings. The summed E-state index contributed by atoms with van der Waals surface area (Å²) in [7, 11) is 0. The number of carbonyl (C=O) groups is 1. The highest BCUT2D eigenvalue weighted by Gasteiger charge is 2.53. The number of carbonyl (C=O) groups excluding carboxylic acids is 1. The molecule has 19 heteroatoms. The predicted octanol–water partition coefficient (Wildman–Crippen LogP) is 11.6. The van der Waals surface area contributed by atoms with Crippen LogP contribution >= 0.6 is 0 Å². The summed E-state index contributed by atoms with van der Waals surface area (Å²) in [6.45, 7) is 1.60. The first-order chi connectivity index (χ1) is 47.3. The van der Waals surface area contributed by atoms with Gasteiger partial charge < -0.3 is 89.9 Å². The van der Waals surface area contributed by atoms with Gasteiger partial charge in [-0.25, -0.2) is 0 Å². The Hall–Kier alpha value is -3.29. The predicted molar refractivity (Wildman–Crippen MR) is 383 cm³/mol. The van der Waals surface area contributed by atoms with Crippen LogP contribution in [0.25, 0.3) is 0 Å². The summed E-state index contributed by atoms with van der Waals surface area (Å²) in [5, 5.41) is 121. The Bertz CT molecular complexity index is 2130. The molecule has 3 saturated heterocycles. The first-order valence-electron chi connectivity index (χ1n) is 38.0. The van der Waals surface area contributed by atoms with Crippen LogP contribution in [0.5, 0.6) is 0 Å². The Labute approximate surface area is 583 Å². The molecule has 17 unspecified atom stereocenters. The van der Waals surface area contributed by atoms with Crippen molar-refractivity contribution in [1.29, 1.82) is 0 Å². The van der Waals surface area contributed by atoms with Gasteiger partial charge in [0.15, 0.2) is 18.9 Å². The van der Waals surface area contributed by atoms with Crippen LogP contribution in [0, 0.1) is 0 Å². The number of rotatable bonds is 58. The maximum absolute atomic E-state index is 13.4. The van der Waals surface area contributed by atoms with Crippen molar-refractivity contribution in [3.8, 4) is 0 Å². The van der Waals surface area contributed by atoms with Crippen LogP contribution in [0.2, 0.25) is 0 Å². The van der Waals surface area contributed by atoms with Gasteiger partial charge in [0.05, 0.1) is 38.6 Å². The standard InChI is InChI=1S/C78H135NO18/c1-3-5-7-9-11-13-15-17-19-21-23-25-27-29-30-32-33-35-37-39-41-43-45-47-49-51-53-55-62(83)61(79-66(84)56-54-52-50-48-46-44-42-40-38-36-34-31-28-26-24-22-20-18-16-14-12-10-8-6-4-2)60-92-76-72(90)69(87)74(64(58-81)94-76)97-78-73(91)70(88)75(65(59-82)95-78)96-77-71(89)68(86)67(85)63(57-80)93-77/h6,8,12,14,18,20,24,26,31,34,38,40,45,47,53,55,61-65,67-78,80-83,85-91H,3-5,7,9-11,13,15-17,19,21-23,25,27-30,32-33,35-37,39,41-44,46,48-52,54,56-60H2,1-2H3,(H,79,84)/b8-6-,14-12-,20-18-,26-24-,34-31-,40-38-,47-45+,55-53+. The molecule has 1 amide bonds. The van der Waals surface area contributed by atoms with Gasteiger partial charge in [0, 0.05) is 6.42 Å². The van der Waals surface area contributed by atoms with Gasteiger partial charge in [0.2, 0.25) is 5.91 Å². The minimum absolute atomic E-state index is 0.213. The molecule has 0 aliphatic carbocycles. The largest absolute Gasteiger partial charge is 0.394 e. The molecule has 3 rings (SSSR count). The molecule has 3 heterocycles. The van der Waals surface area contributed by atoms with E-state index in [1.165, 1.54) is 128 Å². The van der Waals surface area contributed by atoms with Gasteiger partial charge in [-0.15, -0.1) is 0 Å². The van der Waals surface area contributed by atoms with Crippen LogP contribution in [-0.4, -0.2) is 193 Å². The second-order valence-electron chi connectivity index (χ2n) is 26.7. The third-order valence-corrected chi connectivity index (χ3v) is 18.4. The number of unbranched alkanes of at least 4 members (excludes halogenated alkanes) is 28. The van der Waals surface area contributed by atoms with Gasteiger partial charge in [-0.3, -0.25) is 4.79 Å². The highest BCUT2D eigenvalue weighted by Crippen LogP contribution is 2.33. The summed E-state index contributed by atoms with van der Waals surface area (Å²) in [5.74, 6) is -0.302. The molecule has 19 nitrogen and oxygen atoms in total. The topological polar surface area (TPSA) is 307 Å². The highest BCUT2D eigenvalue weighted by molar-refractivity contribution is 5.76. The number of ether oxygens (including phenoxy) is 6. The lowest BCUT2D eigenvalue weighted by Crippen LogP contribution is -2.66. The van der Waals surface area contributed by atoms with Crippen molar-refractivity contribution in [2.75, 3.05) is 26.4 Å². The molecular weight excluding hydrogens is 1240 g/mol. The van der Waals surface area contributed by atoms with Crippen LogP contribution in [-0.2, 0) is 33.2 Å². The van der Waals surface area contributed by atoms with E-state index in [-0.39, 0.29) is 18.9 Å². The third kappa shape index (κ3) is 39.1. The zero-order valence-corrected chi connectivity index (χ0v) is 59.5. The van der Waals surface area contributed by atoms with Crippen LogP contribution in [0.15, 0.2) is 97.2 Å². The van der Waals surface area contributed by atoms with Crippen molar-refractivity contribution >= 4 is 5.91 Å². The number of hydrogen-bond donors (Lipinski definition) is 12. The smallest absolute Gasteiger partial charge is 0.220 e. The summed E-state index contributed by atoms with van der Waals surface area (Å²) < 4.78 is 34.4. The van der Waals surface area contributed by atoms with E-state index in [4.69, 9.17) is 28.4 Å². The van der Waals surface area contributed by atoms with E-state index in [0.717, 1.165) is 96.3 Å². The second kappa shape index (κ2) is 58.2. The van der Waals surface area contributed by atoms with E-state index in [9.17, 15) is 61.0 Å². The Morgan fingerprint density at radius 1 is 0.381 bits per heavy atom. The summed E-state index contributed by atoms with van der Waals surface area (Å²) in [6, 6.07) is -1.01. The first-order valence-corrected chi connectivity index (χ1v) is 38.0. The Morgan fingerprint density at radius 3 is 1.15 bits per heavy atom. The number of hydrogen-bond acceptors (Lipinski definition) is 18. The van der Waals surface area contributed by atoms with Crippen molar-refractivity contribution in [2.45, 2.75) is 362 Å². The van der Waals surface area contributed by atoms with E-state index in [1.807, 2.05) is 6.08 Å². The SMILES string of the molecule is CC/C=C\C/C=C\C/C=C\C/C=C\C/C=C\C/C=C\CCCCCCCCC(=O)NC(COC1OC(CO)C(OC2OC(CO)C(OC3OC(CO)C(O)C(O)C3O)C(O)C2O)C(O)C1O)C(O)/C=C/CC/C=C/CCCCCCCCCCCCCCCCCCCCCCC. The van der Waals surface area contributed by atoms with Crippen molar-refractivity contribution in [1.82, 2.24) is 5.32 Å². The van der Waals surface area contributed by atoms with E-state index >= 15 is 0 Å². The van der Waals surface area contributed by atoms with Gasteiger partial charge in [0.1, 0.15) is 73.2 Å². The minimum atomic E-state index is -1.99. The fourth-order valence-corrected chi connectivity index (χ4v) is 12.3. The zero-order valence-electron chi connectivity index (χ0n) is 59.5. The van der Waals surface area contributed by atoms with Crippen LogP contribution in [0.4, 0.5) is 0 Å². The van der Waals surface area contributed by atoms with E-state index < -0.39 is 124 Å². The lowest BCUT2D eigenvalue weighted by Gasteiger charge is -2.48. The van der Waals surface area contributed by atoms with Gasteiger partial charge in [-0.05, 0) is 83.5 Å². The molecule has 3 aliphatic heterocycles. The Balaban J connectivity index is 1.43. The first kappa shape index (κ1) is 87.9. The van der Waals surface area contributed by atoms with Gasteiger partial charge >= 0.3 is 0 Å². The summed E-state index contributed by atoms with van der Waals surface area (Å²) >= 11 is 0. The Morgan fingerprint density at radius 2 is 0.722 bits per heavy atom. The van der Waals surface area contributed by atoms with E-state index in [1.54, 1.807) is 6.08 Å². The van der Waals surface area contributed by atoms with Crippen LogP contribution in [0.1, 0.15) is 258 Å². The summed E-state index contributed by atoms with van der Waals surface area (Å²) in [6.07, 6.45) is 51.0. The molecular formula is C78H135NO18. The Kier molecular flexibility index (Phi) is 52.8. The van der Waals surface area contributed by atoms with E-state index in [0.29, 0.717) is 12.8 Å². The molecule has 97 heavy (non-hydrogen) atoms. The molecule has 3 fully saturated rings. The van der Waals surface area contributed by atoms with Gasteiger partial charge in [0.25, 0.3) is 0 Å². The van der Waals surface area contributed by atoms with Crippen LogP contribution < -0.4 is 5.32 Å². The summed E-state index contributed by atoms with van der Waals surface area (Å²) in [5.41, 5.74) is 0. The number of aliphatic hydroxyl groups is 11. The summed E-state index contributed by atoms with van der Waals surface area (Å²) in [4.78, 5) is 13.4. The fraction of sp³-hybridized carbons (Fsp3) is 0.782. The average molecular weight is 1370 g/mol. The minimum Gasteiger partial charge on any atom is -0.394 e. The lowest BCUT2D eigenvalue weighted by atomic mass is 9.96. The van der Waals surface area contributed by atoms with E-state index in [2.05, 4.69) is 104 Å². The molecule has 560 valence electrons. The average Bonchev–Trinajstić information content (AvgIpc) is 0.797. The van der Waals surface area contributed by atoms with Gasteiger partial charge in [-0.2, -0.15) is 0 Å². The lowest BCUT2D eigenvalue weighted by molar-refractivity contribution is -0.379. The molecule has 12 N–H and O–H groups in total. The second-order valence-corrected chi connectivity index (χ2v) is 26.7. The zero-order chi connectivity index (χ0) is 70.4. The quantitative estimate of drug-likeness (QED) is 0.0199. The number of amides is 1. The third-order valence-electron chi connectivity index (χ3n) is 18.4. The van der Waals surface area contributed by atoms with Crippen molar-refractivity contribution in [2.24, 2.45) is 0 Å². The molecule has 17 atom stereocenters. The van der Waals surface area contributed by atoms with Crippen molar-refractivity contribution in [3.63, 3.8) is 0 Å².